The van der Waals surface area contributed by atoms with Gasteiger partial charge < -0.3 is 14.8 Å². The third-order valence-electron chi connectivity index (χ3n) is 4.11. The minimum Gasteiger partial charge on any atom is -0.472 e. The average molecular weight is 344 g/mol. The van der Waals surface area contributed by atoms with Gasteiger partial charge in [-0.1, -0.05) is 29.5 Å². The first-order valence-electron chi connectivity index (χ1n) is 7.88. The molecule has 24 heavy (non-hydrogen) atoms. The van der Waals surface area contributed by atoms with Crippen LogP contribution in [0.4, 0.5) is 0 Å². The molecule has 2 N–H and O–H groups in total. The van der Waals surface area contributed by atoms with Crippen molar-refractivity contribution >= 4 is 17.5 Å². The molecule has 1 unspecified atom stereocenters. The molecule has 1 amide bonds. The Morgan fingerprint density at radius 3 is 3.04 bits per heavy atom. The summed E-state index contributed by atoms with van der Waals surface area (Å²) in [4.78, 5) is 12.1. The number of hydrogen-bond acceptors (Lipinski definition) is 3. The van der Waals surface area contributed by atoms with Gasteiger partial charge in [0, 0.05) is 23.0 Å². The van der Waals surface area contributed by atoms with E-state index >= 15 is 0 Å². The standard InChI is InChI=1S/C19H18ClNO3/c20-16-4-1-3-14(11-16)6-9-19(23)8-2-5-17(12-19)21-18(22)15-7-10-24-13-15/h1,3-4,7,10-11,13,17,23H,2,5,8,12H2,(H,21,22)/t17-,19?/m0/s1. The number of aliphatic hydroxyl groups is 1. The lowest BCUT2D eigenvalue weighted by molar-refractivity contribution is 0.0452. The minimum atomic E-state index is -1.10. The van der Waals surface area contributed by atoms with Crippen molar-refractivity contribution in [1.29, 1.82) is 0 Å². The Morgan fingerprint density at radius 1 is 1.42 bits per heavy atom. The van der Waals surface area contributed by atoms with Gasteiger partial charge in [-0.3, -0.25) is 4.79 Å². The lowest BCUT2D eigenvalue weighted by Gasteiger charge is -2.33. The van der Waals surface area contributed by atoms with Crippen molar-refractivity contribution in [2.45, 2.75) is 37.3 Å². The third kappa shape index (κ3) is 4.19. The zero-order valence-corrected chi connectivity index (χ0v) is 13.8. The molecular formula is C19H18ClNO3. The van der Waals surface area contributed by atoms with Crippen molar-refractivity contribution < 1.29 is 14.3 Å². The van der Waals surface area contributed by atoms with Crippen molar-refractivity contribution in [3.8, 4) is 11.8 Å². The minimum absolute atomic E-state index is 0.111. The molecule has 5 heteroatoms. The van der Waals surface area contributed by atoms with E-state index in [9.17, 15) is 9.90 Å². The van der Waals surface area contributed by atoms with E-state index in [-0.39, 0.29) is 11.9 Å². The van der Waals surface area contributed by atoms with Crippen LogP contribution in [0.25, 0.3) is 0 Å². The highest BCUT2D eigenvalue weighted by Crippen LogP contribution is 2.28. The second kappa shape index (κ2) is 7.12. The third-order valence-corrected chi connectivity index (χ3v) is 4.34. The quantitative estimate of drug-likeness (QED) is 0.822. The van der Waals surface area contributed by atoms with E-state index in [1.165, 1.54) is 12.5 Å². The maximum atomic E-state index is 12.1. The molecule has 124 valence electrons. The number of furan rings is 1. The van der Waals surface area contributed by atoms with Gasteiger partial charge in [-0.25, -0.2) is 0 Å². The Balaban J connectivity index is 1.67. The summed E-state index contributed by atoms with van der Waals surface area (Å²) in [7, 11) is 0. The van der Waals surface area contributed by atoms with Crippen LogP contribution < -0.4 is 5.32 Å². The fourth-order valence-electron chi connectivity index (χ4n) is 2.91. The van der Waals surface area contributed by atoms with Crippen LogP contribution in [-0.2, 0) is 0 Å². The molecule has 1 aliphatic rings. The number of benzene rings is 1. The summed E-state index contributed by atoms with van der Waals surface area (Å²) in [6, 6.07) is 8.72. The Morgan fingerprint density at radius 2 is 2.29 bits per heavy atom. The summed E-state index contributed by atoms with van der Waals surface area (Å²) >= 11 is 5.94. The number of halogens is 1. The van der Waals surface area contributed by atoms with Crippen molar-refractivity contribution in [2.24, 2.45) is 0 Å². The van der Waals surface area contributed by atoms with Crippen molar-refractivity contribution in [2.75, 3.05) is 0 Å². The van der Waals surface area contributed by atoms with Crippen molar-refractivity contribution in [3.05, 3.63) is 59.0 Å². The molecule has 0 radical (unpaired) electrons. The van der Waals surface area contributed by atoms with Gasteiger partial charge in [0.15, 0.2) is 0 Å². The number of hydrogen-bond donors (Lipinski definition) is 2. The monoisotopic (exact) mass is 343 g/mol. The highest BCUT2D eigenvalue weighted by atomic mass is 35.5. The molecule has 0 aliphatic heterocycles. The van der Waals surface area contributed by atoms with Gasteiger partial charge >= 0.3 is 0 Å². The average Bonchev–Trinajstić information content (AvgIpc) is 3.08. The van der Waals surface area contributed by atoms with Crippen LogP contribution in [0.1, 0.15) is 41.6 Å². The zero-order chi connectivity index (χ0) is 17.0. The molecule has 0 spiro atoms. The van der Waals surface area contributed by atoms with Gasteiger partial charge in [0.1, 0.15) is 11.9 Å². The molecule has 1 aliphatic carbocycles. The molecule has 0 bridgehead atoms. The van der Waals surface area contributed by atoms with Crippen LogP contribution in [0.2, 0.25) is 5.02 Å². The molecule has 1 aromatic heterocycles. The molecule has 2 atom stereocenters. The van der Waals surface area contributed by atoms with Crippen LogP contribution >= 0.6 is 11.6 Å². The summed E-state index contributed by atoms with van der Waals surface area (Å²) in [5.74, 6) is 5.75. The summed E-state index contributed by atoms with van der Waals surface area (Å²) in [5, 5.41) is 14.3. The first-order valence-corrected chi connectivity index (χ1v) is 8.26. The number of carbonyl (C=O) groups excluding carboxylic acids is 1. The van der Waals surface area contributed by atoms with Crippen molar-refractivity contribution in [1.82, 2.24) is 5.32 Å². The zero-order valence-electron chi connectivity index (χ0n) is 13.1. The molecule has 1 fully saturated rings. The van der Waals surface area contributed by atoms with E-state index in [1.807, 2.05) is 12.1 Å². The SMILES string of the molecule is O=C(N[C@H]1CCCC(O)(C#Cc2cccc(Cl)c2)C1)c1ccoc1. The van der Waals surface area contributed by atoms with Crippen LogP contribution in [0.15, 0.2) is 47.3 Å². The largest absolute Gasteiger partial charge is 0.472 e. The molecule has 0 saturated heterocycles. The Hall–Kier alpha value is -2.22. The Kier molecular flexibility index (Phi) is 4.94. The predicted molar refractivity (Wildman–Crippen MR) is 91.7 cm³/mol. The van der Waals surface area contributed by atoms with Gasteiger partial charge in [-0.05, 0) is 43.5 Å². The first kappa shape index (κ1) is 16.6. The number of rotatable bonds is 2. The molecule has 3 rings (SSSR count). The highest BCUT2D eigenvalue weighted by Gasteiger charge is 2.33. The first-order chi connectivity index (χ1) is 11.5. The second-order valence-corrected chi connectivity index (χ2v) is 6.51. The maximum absolute atomic E-state index is 12.1. The van der Waals surface area contributed by atoms with Crippen LogP contribution in [0.3, 0.4) is 0 Å². The molecule has 1 saturated carbocycles. The van der Waals surface area contributed by atoms with E-state index in [0.29, 0.717) is 23.4 Å². The lowest BCUT2D eigenvalue weighted by atomic mass is 9.82. The van der Waals surface area contributed by atoms with Gasteiger partial charge in [0.05, 0.1) is 11.8 Å². The normalized spacial score (nSPS) is 23.2. The fourth-order valence-corrected chi connectivity index (χ4v) is 3.10. The van der Waals surface area contributed by atoms with Gasteiger partial charge in [-0.2, -0.15) is 0 Å². The summed E-state index contributed by atoms with van der Waals surface area (Å²) in [5.41, 5.74) is 0.143. The van der Waals surface area contributed by atoms with Crippen molar-refractivity contribution in [3.63, 3.8) is 0 Å². The second-order valence-electron chi connectivity index (χ2n) is 6.07. The van der Waals surface area contributed by atoms with E-state index in [2.05, 4.69) is 17.2 Å². The number of amides is 1. The van der Waals surface area contributed by atoms with Crippen LogP contribution in [0, 0.1) is 11.8 Å². The highest BCUT2D eigenvalue weighted by molar-refractivity contribution is 6.30. The summed E-state index contributed by atoms with van der Waals surface area (Å²) < 4.78 is 4.92. The topological polar surface area (TPSA) is 62.5 Å². The maximum Gasteiger partial charge on any atom is 0.254 e. The predicted octanol–water partition coefficient (Wildman–Crippen LogP) is 3.39. The summed E-state index contributed by atoms with van der Waals surface area (Å²) in [6.07, 6.45) is 5.50. The molecule has 1 heterocycles. The van der Waals surface area contributed by atoms with Gasteiger partial charge in [0.25, 0.3) is 5.91 Å². The molecular weight excluding hydrogens is 326 g/mol. The van der Waals surface area contributed by atoms with E-state index < -0.39 is 5.60 Å². The smallest absolute Gasteiger partial charge is 0.254 e. The van der Waals surface area contributed by atoms with Crippen LogP contribution in [-0.4, -0.2) is 22.7 Å². The lowest BCUT2D eigenvalue weighted by Crippen LogP contribution is -2.45. The van der Waals surface area contributed by atoms with E-state index in [1.54, 1.807) is 18.2 Å². The Labute approximate surface area is 145 Å². The van der Waals surface area contributed by atoms with Gasteiger partial charge in [-0.15, -0.1) is 0 Å². The number of carbonyl (C=O) groups is 1. The van der Waals surface area contributed by atoms with Gasteiger partial charge in [0.2, 0.25) is 0 Å². The molecule has 1 aromatic carbocycles. The van der Waals surface area contributed by atoms with E-state index in [4.69, 9.17) is 16.0 Å². The molecule has 4 nitrogen and oxygen atoms in total. The van der Waals surface area contributed by atoms with E-state index in [0.717, 1.165) is 18.4 Å². The fraction of sp³-hybridized carbons (Fsp3) is 0.316. The summed E-state index contributed by atoms with van der Waals surface area (Å²) in [6.45, 7) is 0. The number of nitrogens with one attached hydrogen (secondary N) is 1. The molecule has 2 aromatic rings. The van der Waals surface area contributed by atoms with Crippen LogP contribution in [0.5, 0.6) is 0 Å². The Bertz CT molecular complexity index is 775.